The van der Waals surface area contributed by atoms with E-state index < -0.39 is 0 Å². The normalized spacial score (nSPS) is 21.6. The van der Waals surface area contributed by atoms with Gasteiger partial charge in [0.2, 0.25) is 5.91 Å². The van der Waals surface area contributed by atoms with Gasteiger partial charge < -0.3 is 9.64 Å². The van der Waals surface area contributed by atoms with Crippen LogP contribution in [0.25, 0.3) is 0 Å². The first-order valence-corrected chi connectivity index (χ1v) is 6.50. The molecule has 1 rings (SSSR count). The van der Waals surface area contributed by atoms with E-state index in [-0.39, 0.29) is 16.9 Å². The third-order valence-electron chi connectivity index (χ3n) is 4.54. The fourth-order valence-electron chi connectivity index (χ4n) is 1.94. The minimum atomic E-state index is -0.135. The zero-order valence-electron chi connectivity index (χ0n) is 12.2. The van der Waals surface area contributed by atoms with E-state index in [1.165, 1.54) is 0 Å². The van der Waals surface area contributed by atoms with Crippen LogP contribution in [-0.2, 0) is 9.53 Å². The molecule has 1 heterocycles. The van der Waals surface area contributed by atoms with E-state index >= 15 is 0 Å². The van der Waals surface area contributed by atoms with Gasteiger partial charge in [0.15, 0.2) is 0 Å². The summed E-state index contributed by atoms with van der Waals surface area (Å²) < 4.78 is 5.32. The predicted molar refractivity (Wildman–Crippen MR) is 69.8 cm³/mol. The SMILES string of the molecule is CN(C(=O)C[C@H]1CCOC1)C(C)(C)C(C)(C)C. The Balaban J connectivity index is 2.62. The van der Waals surface area contributed by atoms with Crippen LogP contribution in [0.15, 0.2) is 0 Å². The molecular formula is C14H27NO2. The molecule has 0 unspecified atom stereocenters. The lowest BCUT2D eigenvalue weighted by Gasteiger charge is -2.46. The summed E-state index contributed by atoms with van der Waals surface area (Å²) in [4.78, 5) is 14.2. The molecule has 0 radical (unpaired) electrons. The largest absolute Gasteiger partial charge is 0.381 e. The third kappa shape index (κ3) is 3.21. The second-order valence-electron chi connectivity index (χ2n) is 6.70. The molecule has 0 N–H and O–H groups in total. The zero-order valence-corrected chi connectivity index (χ0v) is 12.2. The van der Waals surface area contributed by atoms with Crippen LogP contribution in [0, 0.1) is 11.3 Å². The lowest BCUT2D eigenvalue weighted by Crippen LogP contribution is -2.53. The predicted octanol–water partition coefficient (Wildman–Crippen LogP) is 2.70. The molecule has 1 atom stereocenters. The van der Waals surface area contributed by atoms with Gasteiger partial charge in [-0.3, -0.25) is 4.79 Å². The first-order chi connectivity index (χ1) is 7.66. The van der Waals surface area contributed by atoms with E-state index in [0.29, 0.717) is 12.3 Å². The molecule has 100 valence electrons. The van der Waals surface area contributed by atoms with Crippen LogP contribution in [0.5, 0.6) is 0 Å². The zero-order chi connectivity index (χ0) is 13.3. The van der Waals surface area contributed by atoms with E-state index in [9.17, 15) is 4.79 Å². The van der Waals surface area contributed by atoms with Gasteiger partial charge in [0, 0.05) is 32.2 Å². The standard InChI is InChI=1S/C14H27NO2/c1-13(2,3)14(4,5)15(6)12(16)9-11-7-8-17-10-11/h11H,7-10H2,1-6H3/t11-/m1/s1. The van der Waals surface area contributed by atoms with E-state index in [1.54, 1.807) is 0 Å². The minimum absolute atomic E-state index is 0.0730. The number of nitrogens with zero attached hydrogens (tertiary/aromatic N) is 1. The Labute approximate surface area is 106 Å². The van der Waals surface area contributed by atoms with Gasteiger partial charge in [-0.15, -0.1) is 0 Å². The number of rotatable bonds is 3. The van der Waals surface area contributed by atoms with Crippen LogP contribution >= 0.6 is 0 Å². The monoisotopic (exact) mass is 241 g/mol. The maximum Gasteiger partial charge on any atom is 0.223 e. The molecule has 1 saturated heterocycles. The molecule has 1 fully saturated rings. The van der Waals surface area contributed by atoms with Crippen LogP contribution in [0.2, 0.25) is 0 Å². The summed E-state index contributed by atoms with van der Waals surface area (Å²) in [6.07, 6.45) is 1.64. The molecule has 0 spiro atoms. The van der Waals surface area contributed by atoms with Gasteiger partial charge in [-0.2, -0.15) is 0 Å². The van der Waals surface area contributed by atoms with Crippen molar-refractivity contribution in [2.45, 2.75) is 53.0 Å². The number of hydrogen-bond acceptors (Lipinski definition) is 2. The average Bonchev–Trinajstić information content (AvgIpc) is 2.67. The first kappa shape index (κ1) is 14.5. The molecule has 17 heavy (non-hydrogen) atoms. The summed E-state index contributed by atoms with van der Waals surface area (Å²) >= 11 is 0. The van der Waals surface area contributed by atoms with E-state index in [0.717, 1.165) is 19.6 Å². The van der Waals surface area contributed by atoms with Gasteiger partial charge in [-0.25, -0.2) is 0 Å². The van der Waals surface area contributed by atoms with Gasteiger partial charge in [0.05, 0.1) is 0 Å². The second-order valence-corrected chi connectivity index (χ2v) is 6.70. The Bertz CT molecular complexity index is 272. The molecule has 0 aliphatic carbocycles. The minimum Gasteiger partial charge on any atom is -0.381 e. The van der Waals surface area contributed by atoms with Gasteiger partial charge in [0.1, 0.15) is 0 Å². The van der Waals surface area contributed by atoms with Crippen molar-refractivity contribution in [3.05, 3.63) is 0 Å². The Morgan fingerprint density at radius 2 is 1.88 bits per heavy atom. The summed E-state index contributed by atoms with van der Waals surface area (Å²) in [5.74, 6) is 0.654. The van der Waals surface area contributed by atoms with Crippen molar-refractivity contribution >= 4 is 5.91 Å². The van der Waals surface area contributed by atoms with Crippen molar-refractivity contribution in [2.24, 2.45) is 11.3 Å². The molecular weight excluding hydrogens is 214 g/mol. The molecule has 3 nitrogen and oxygen atoms in total. The van der Waals surface area contributed by atoms with E-state index in [1.807, 2.05) is 11.9 Å². The van der Waals surface area contributed by atoms with Crippen LogP contribution in [-0.4, -0.2) is 36.6 Å². The quantitative estimate of drug-likeness (QED) is 0.760. The Kier molecular flexibility index (Phi) is 4.23. The topological polar surface area (TPSA) is 29.5 Å². The van der Waals surface area contributed by atoms with Crippen LogP contribution in [0.3, 0.4) is 0 Å². The molecule has 3 heteroatoms. The molecule has 1 aliphatic heterocycles. The average molecular weight is 241 g/mol. The van der Waals surface area contributed by atoms with Crippen molar-refractivity contribution in [3.63, 3.8) is 0 Å². The highest BCUT2D eigenvalue weighted by Gasteiger charge is 2.39. The van der Waals surface area contributed by atoms with Crippen molar-refractivity contribution in [1.82, 2.24) is 4.90 Å². The van der Waals surface area contributed by atoms with Crippen molar-refractivity contribution in [2.75, 3.05) is 20.3 Å². The van der Waals surface area contributed by atoms with Gasteiger partial charge in [0.25, 0.3) is 0 Å². The third-order valence-corrected chi connectivity index (χ3v) is 4.54. The lowest BCUT2D eigenvalue weighted by atomic mass is 9.75. The second kappa shape index (κ2) is 4.97. The molecule has 1 amide bonds. The van der Waals surface area contributed by atoms with Crippen molar-refractivity contribution in [3.8, 4) is 0 Å². The smallest absolute Gasteiger partial charge is 0.223 e. The number of hydrogen-bond donors (Lipinski definition) is 0. The lowest BCUT2D eigenvalue weighted by molar-refractivity contribution is -0.139. The maximum absolute atomic E-state index is 12.3. The van der Waals surface area contributed by atoms with Crippen LogP contribution in [0.1, 0.15) is 47.5 Å². The summed E-state index contributed by atoms with van der Waals surface area (Å²) in [6, 6.07) is 0. The molecule has 1 aliphatic rings. The highest BCUT2D eigenvalue weighted by Crippen LogP contribution is 2.35. The van der Waals surface area contributed by atoms with Gasteiger partial charge >= 0.3 is 0 Å². The van der Waals surface area contributed by atoms with Crippen molar-refractivity contribution in [1.29, 1.82) is 0 Å². The molecule has 0 aromatic rings. The summed E-state index contributed by atoms with van der Waals surface area (Å²) in [5.41, 5.74) is -0.0624. The first-order valence-electron chi connectivity index (χ1n) is 6.50. The Morgan fingerprint density at radius 3 is 2.29 bits per heavy atom. The fraction of sp³-hybridized carbons (Fsp3) is 0.929. The maximum atomic E-state index is 12.3. The van der Waals surface area contributed by atoms with Crippen molar-refractivity contribution < 1.29 is 9.53 Å². The highest BCUT2D eigenvalue weighted by molar-refractivity contribution is 5.77. The van der Waals surface area contributed by atoms with Gasteiger partial charge in [-0.05, 0) is 31.6 Å². The Hall–Kier alpha value is -0.570. The van der Waals surface area contributed by atoms with E-state index in [4.69, 9.17) is 4.74 Å². The summed E-state index contributed by atoms with van der Waals surface area (Å²) in [7, 11) is 1.92. The van der Waals surface area contributed by atoms with Crippen LogP contribution < -0.4 is 0 Å². The number of amides is 1. The number of carbonyl (C=O) groups is 1. The molecule has 0 aromatic heterocycles. The van der Waals surface area contributed by atoms with Gasteiger partial charge in [-0.1, -0.05) is 20.8 Å². The molecule has 0 bridgehead atoms. The Morgan fingerprint density at radius 1 is 1.29 bits per heavy atom. The molecule has 0 aromatic carbocycles. The summed E-state index contributed by atoms with van der Waals surface area (Å²) in [5, 5.41) is 0. The van der Waals surface area contributed by atoms with Crippen LogP contribution in [0.4, 0.5) is 0 Å². The number of ether oxygens (including phenoxy) is 1. The highest BCUT2D eigenvalue weighted by atomic mass is 16.5. The molecule has 0 saturated carbocycles. The fourth-order valence-corrected chi connectivity index (χ4v) is 1.94. The van der Waals surface area contributed by atoms with E-state index in [2.05, 4.69) is 34.6 Å². The summed E-state index contributed by atoms with van der Waals surface area (Å²) in [6.45, 7) is 12.4. The number of carbonyl (C=O) groups excluding carboxylic acids is 1.